The van der Waals surface area contributed by atoms with Crippen molar-refractivity contribution in [2.75, 3.05) is 19.8 Å². The molecule has 3 saturated heterocycles. The average molecular weight is 538 g/mol. The number of rotatable bonds is 10. The maximum atomic E-state index is 12.5. The Morgan fingerprint density at radius 3 is 2.46 bits per heavy atom. The Morgan fingerprint density at radius 1 is 1.22 bits per heavy atom. The third-order valence-electron chi connectivity index (χ3n) is 7.96. The van der Waals surface area contributed by atoms with Crippen molar-refractivity contribution >= 4 is 14.2 Å². The Balaban J connectivity index is 1.33. The molecule has 3 aliphatic rings. The second-order valence-electron chi connectivity index (χ2n) is 13.4. The first kappa shape index (κ1) is 30.5. The zero-order valence-corrected chi connectivity index (χ0v) is 25.6. The van der Waals surface area contributed by atoms with Gasteiger partial charge in [0.15, 0.2) is 14.6 Å². The van der Waals surface area contributed by atoms with Gasteiger partial charge in [-0.2, -0.15) is 0 Å². The molecular weight excluding hydrogens is 486 g/mol. The lowest BCUT2D eigenvalue weighted by Crippen LogP contribution is -2.47. The molecule has 7 nitrogen and oxygen atoms in total. The summed E-state index contributed by atoms with van der Waals surface area (Å²) in [7, 11) is -1.82. The SMILES string of the molecule is CC(C=C[C@@H]1C[C@]2(CO2)CC(C)(C)O1)=CCC1OCC(NC(=O)CC[C@H](C)O[Si](C)(C)C(C)(C)C)CO1. The van der Waals surface area contributed by atoms with Gasteiger partial charge in [-0.1, -0.05) is 44.6 Å². The smallest absolute Gasteiger partial charge is 0.220 e. The molecule has 0 aromatic rings. The van der Waals surface area contributed by atoms with E-state index in [-0.39, 0.29) is 46.7 Å². The number of hydrogen-bond acceptors (Lipinski definition) is 6. The first-order valence-corrected chi connectivity index (χ1v) is 16.9. The molecular formula is C29H51NO6Si. The highest BCUT2D eigenvalue weighted by molar-refractivity contribution is 6.74. The lowest BCUT2D eigenvalue weighted by molar-refractivity contribution is -0.188. The fourth-order valence-electron chi connectivity index (χ4n) is 4.88. The van der Waals surface area contributed by atoms with Crippen LogP contribution in [-0.2, 0) is 28.2 Å². The zero-order chi connectivity index (χ0) is 27.5. The molecule has 37 heavy (non-hydrogen) atoms. The van der Waals surface area contributed by atoms with Crippen molar-refractivity contribution in [3.63, 3.8) is 0 Å². The van der Waals surface area contributed by atoms with Crippen molar-refractivity contribution in [1.29, 1.82) is 0 Å². The van der Waals surface area contributed by atoms with E-state index in [1.54, 1.807) is 0 Å². The summed E-state index contributed by atoms with van der Waals surface area (Å²) in [6.07, 6.45) is 9.94. The van der Waals surface area contributed by atoms with Gasteiger partial charge in [-0.15, -0.1) is 0 Å². The summed E-state index contributed by atoms with van der Waals surface area (Å²) in [4.78, 5) is 12.5. The van der Waals surface area contributed by atoms with Gasteiger partial charge >= 0.3 is 0 Å². The summed E-state index contributed by atoms with van der Waals surface area (Å²) in [6, 6.07) is -0.117. The molecule has 0 aromatic carbocycles. The Hall–Kier alpha value is -1.03. The molecule has 1 N–H and O–H groups in total. The van der Waals surface area contributed by atoms with E-state index < -0.39 is 8.32 Å². The average Bonchev–Trinajstić information content (AvgIpc) is 3.51. The standard InChI is InChI=1S/C29H51NO6Si/c1-21(10-13-24-16-29(20-34-29)19-28(6,7)35-24)11-15-26-32-17-23(18-33-26)30-25(31)14-12-22(2)36-37(8,9)27(3,4)5/h10-11,13,22-24,26H,12,14-20H2,1-9H3,(H,30,31)/t22-,23?,24+,26?,29+/m0/s1. The van der Waals surface area contributed by atoms with Crippen LogP contribution < -0.4 is 5.32 Å². The molecule has 1 spiro atoms. The number of nitrogens with one attached hydrogen (secondary N) is 1. The molecule has 212 valence electrons. The fraction of sp³-hybridized carbons (Fsp3) is 0.828. The minimum absolute atomic E-state index is 0.0219. The highest BCUT2D eigenvalue weighted by atomic mass is 28.4. The minimum Gasteiger partial charge on any atom is -0.414 e. The molecule has 0 saturated carbocycles. The molecule has 0 bridgehead atoms. The number of epoxide rings is 1. The summed E-state index contributed by atoms with van der Waals surface area (Å²) in [5.74, 6) is 0.0219. The van der Waals surface area contributed by atoms with Crippen LogP contribution in [0.5, 0.6) is 0 Å². The normalized spacial score (nSPS) is 31.5. The number of ether oxygens (including phenoxy) is 4. The van der Waals surface area contributed by atoms with E-state index >= 15 is 0 Å². The van der Waals surface area contributed by atoms with Crippen molar-refractivity contribution < 1.29 is 28.2 Å². The molecule has 3 heterocycles. The predicted molar refractivity (Wildman–Crippen MR) is 149 cm³/mol. The van der Waals surface area contributed by atoms with Gasteiger partial charge in [-0.05, 0) is 52.2 Å². The summed E-state index contributed by atoms with van der Waals surface area (Å²) in [5, 5.41) is 3.21. The number of carbonyl (C=O) groups excluding carboxylic acids is 1. The molecule has 8 heteroatoms. The quantitative estimate of drug-likeness (QED) is 0.220. The van der Waals surface area contributed by atoms with Crippen molar-refractivity contribution in [1.82, 2.24) is 5.32 Å². The van der Waals surface area contributed by atoms with Crippen LogP contribution in [0.15, 0.2) is 23.8 Å². The topological polar surface area (TPSA) is 78.5 Å². The lowest BCUT2D eigenvalue weighted by Gasteiger charge is -2.38. The minimum atomic E-state index is -1.82. The van der Waals surface area contributed by atoms with Gasteiger partial charge < -0.3 is 28.7 Å². The molecule has 3 atom stereocenters. The van der Waals surface area contributed by atoms with Gasteiger partial charge in [0.2, 0.25) is 5.91 Å². The predicted octanol–water partition coefficient (Wildman–Crippen LogP) is 5.65. The van der Waals surface area contributed by atoms with Crippen LogP contribution in [0.3, 0.4) is 0 Å². The second-order valence-corrected chi connectivity index (χ2v) is 18.2. The summed E-state index contributed by atoms with van der Waals surface area (Å²) >= 11 is 0. The van der Waals surface area contributed by atoms with Gasteiger partial charge in [-0.3, -0.25) is 4.79 Å². The van der Waals surface area contributed by atoms with Crippen LogP contribution in [0.4, 0.5) is 0 Å². The molecule has 1 amide bonds. The monoisotopic (exact) mass is 537 g/mol. The first-order chi connectivity index (χ1) is 17.1. The Morgan fingerprint density at radius 2 is 1.86 bits per heavy atom. The van der Waals surface area contributed by atoms with Crippen molar-refractivity contribution in [2.24, 2.45) is 0 Å². The van der Waals surface area contributed by atoms with Crippen molar-refractivity contribution in [2.45, 2.75) is 134 Å². The van der Waals surface area contributed by atoms with Crippen molar-refractivity contribution in [3.05, 3.63) is 23.8 Å². The fourth-order valence-corrected chi connectivity index (χ4v) is 6.36. The van der Waals surface area contributed by atoms with Gasteiger partial charge in [0, 0.05) is 31.8 Å². The molecule has 0 aliphatic carbocycles. The summed E-state index contributed by atoms with van der Waals surface area (Å²) in [5.41, 5.74) is 1.02. The Kier molecular flexibility index (Phi) is 9.90. The first-order valence-electron chi connectivity index (χ1n) is 14.0. The highest BCUT2D eigenvalue weighted by Crippen LogP contribution is 2.46. The molecule has 3 rings (SSSR count). The molecule has 3 fully saturated rings. The molecule has 0 unspecified atom stereocenters. The summed E-state index contributed by atoms with van der Waals surface area (Å²) < 4.78 is 30.0. The van der Waals surface area contributed by atoms with Gasteiger partial charge in [-0.25, -0.2) is 0 Å². The van der Waals surface area contributed by atoms with E-state index in [0.717, 1.165) is 25.0 Å². The number of allylic oxidation sites excluding steroid dienone is 2. The van der Waals surface area contributed by atoms with Crippen LogP contribution >= 0.6 is 0 Å². The Labute approximate surface area is 225 Å². The van der Waals surface area contributed by atoms with E-state index in [1.165, 1.54) is 0 Å². The zero-order valence-electron chi connectivity index (χ0n) is 24.6. The maximum Gasteiger partial charge on any atom is 0.220 e. The highest BCUT2D eigenvalue weighted by Gasteiger charge is 2.53. The van der Waals surface area contributed by atoms with Gasteiger partial charge in [0.1, 0.15) is 0 Å². The third kappa shape index (κ3) is 9.58. The van der Waals surface area contributed by atoms with Crippen LogP contribution in [0.2, 0.25) is 18.1 Å². The number of carbonyl (C=O) groups is 1. The number of hydrogen-bond donors (Lipinski definition) is 1. The van der Waals surface area contributed by atoms with E-state index in [2.05, 4.69) is 85.1 Å². The molecule has 0 aromatic heterocycles. The lowest BCUT2D eigenvalue weighted by atomic mass is 9.85. The van der Waals surface area contributed by atoms with E-state index in [0.29, 0.717) is 32.5 Å². The van der Waals surface area contributed by atoms with Gasteiger partial charge in [0.25, 0.3) is 0 Å². The second kappa shape index (κ2) is 12.0. The van der Waals surface area contributed by atoms with Gasteiger partial charge in [0.05, 0.1) is 43.2 Å². The van der Waals surface area contributed by atoms with Crippen LogP contribution in [0.25, 0.3) is 0 Å². The number of amides is 1. The molecule has 3 aliphatic heterocycles. The Bertz CT molecular complexity index is 828. The maximum absolute atomic E-state index is 12.5. The summed E-state index contributed by atoms with van der Waals surface area (Å²) in [6.45, 7) is 21.4. The van der Waals surface area contributed by atoms with E-state index in [9.17, 15) is 4.79 Å². The third-order valence-corrected chi connectivity index (χ3v) is 12.6. The van der Waals surface area contributed by atoms with Crippen molar-refractivity contribution in [3.8, 4) is 0 Å². The van der Waals surface area contributed by atoms with E-state index in [4.69, 9.17) is 23.4 Å². The van der Waals surface area contributed by atoms with Crippen LogP contribution in [0, 0.1) is 0 Å². The molecule has 0 radical (unpaired) electrons. The van der Waals surface area contributed by atoms with Crippen LogP contribution in [-0.4, -0.2) is 69.8 Å². The largest absolute Gasteiger partial charge is 0.414 e. The van der Waals surface area contributed by atoms with E-state index in [1.807, 2.05) is 0 Å². The van der Waals surface area contributed by atoms with Crippen LogP contribution in [0.1, 0.15) is 80.6 Å².